The van der Waals surface area contributed by atoms with Crippen LogP contribution < -0.4 is 4.90 Å². The van der Waals surface area contributed by atoms with Crippen LogP contribution in [0.1, 0.15) is 5.69 Å². The van der Waals surface area contributed by atoms with E-state index in [4.69, 9.17) is 10.00 Å². The zero-order valence-corrected chi connectivity index (χ0v) is 11.0. The number of ether oxygens (including phenoxy) is 1. The second-order valence-electron chi connectivity index (χ2n) is 4.89. The molecule has 0 saturated carbocycles. The molecular formula is C13H15N5O2. The van der Waals surface area contributed by atoms with Gasteiger partial charge in [-0.3, -0.25) is 4.79 Å². The summed E-state index contributed by atoms with van der Waals surface area (Å²) in [4.78, 5) is 24.3. The van der Waals surface area contributed by atoms with Crippen molar-refractivity contribution < 1.29 is 9.53 Å². The summed E-state index contributed by atoms with van der Waals surface area (Å²) in [6.07, 6.45) is 1.57. The van der Waals surface area contributed by atoms with Crippen LogP contribution in [0, 0.1) is 17.2 Å². The molecule has 0 spiro atoms. The fourth-order valence-corrected chi connectivity index (χ4v) is 2.40. The molecule has 7 heteroatoms. The van der Waals surface area contributed by atoms with Gasteiger partial charge in [0.15, 0.2) is 0 Å². The van der Waals surface area contributed by atoms with Crippen molar-refractivity contribution in [2.45, 2.75) is 0 Å². The molecule has 7 nitrogen and oxygen atoms in total. The minimum atomic E-state index is 0.00226. The highest BCUT2D eigenvalue weighted by molar-refractivity contribution is 5.81. The third-order valence-electron chi connectivity index (χ3n) is 3.59. The van der Waals surface area contributed by atoms with Gasteiger partial charge in [0.25, 0.3) is 0 Å². The summed E-state index contributed by atoms with van der Waals surface area (Å²) in [5.41, 5.74) is 0.345. The molecule has 20 heavy (non-hydrogen) atoms. The lowest BCUT2D eigenvalue weighted by Gasteiger charge is -2.41. The zero-order chi connectivity index (χ0) is 13.9. The Morgan fingerprint density at radius 2 is 2.15 bits per heavy atom. The van der Waals surface area contributed by atoms with Gasteiger partial charge in [-0.1, -0.05) is 0 Å². The lowest BCUT2D eigenvalue weighted by molar-refractivity contribution is -0.140. The number of carbonyl (C=O) groups is 1. The number of rotatable bonds is 2. The van der Waals surface area contributed by atoms with Crippen LogP contribution in [-0.4, -0.2) is 60.2 Å². The monoisotopic (exact) mass is 273 g/mol. The van der Waals surface area contributed by atoms with Crippen molar-refractivity contribution >= 4 is 11.9 Å². The van der Waals surface area contributed by atoms with Gasteiger partial charge < -0.3 is 14.5 Å². The Kier molecular flexibility index (Phi) is 3.48. The summed E-state index contributed by atoms with van der Waals surface area (Å²) in [5, 5.41) is 8.81. The molecule has 2 saturated heterocycles. The molecule has 1 aromatic rings. The first kappa shape index (κ1) is 12.8. The van der Waals surface area contributed by atoms with Crippen LogP contribution in [0.25, 0.3) is 0 Å². The molecule has 0 aromatic carbocycles. The smallest absolute Gasteiger partial charge is 0.229 e. The maximum Gasteiger partial charge on any atom is 0.229 e. The molecule has 0 radical (unpaired) electrons. The third-order valence-corrected chi connectivity index (χ3v) is 3.59. The molecule has 2 aliphatic heterocycles. The summed E-state index contributed by atoms with van der Waals surface area (Å²) in [5.74, 6) is 0.707. The van der Waals surface area contributed by atoms with E-state index < -0.39 is 0 Å². The van der Waals surface area contributed by atoms with Crippen molar-refractivity contribution in [1.82, 2.24) is 14.9 Å². The maximum atomic E-state index is 12.2. The van der Waals surface area contributed by atoms with Crippen LogP contribution in [0.2, 0.25) is 0 Å². The van der Waals surface area contributed by atoms with Gasteiger partial charge in [-0.05, 0) is 6.07 Å². The normalized spacial score (nSPS) is 19.4. The Morgan fingerprint density at radius 1 is 1.40 bits per heavy atom. The number of aromatic nitrogens is 2. The van der Waals surface area contributed by atoms with Gasteiger partial charge in [0, 0.05) is 32.4 Å². The Bertz CT molecular complexity index is 544. The lowest BCUT2D eigenvalue weighted by atomic mass is 9.99. The topological polar surface area (TPSA) is 82.4 Å². The van der Waals surface area contributed by atoms with Gasteiger partial charge in [-0.2, -0.15) is 5.26 Å². The average molecular weight is 273 g/mol. The first-order valence-electron chi connectivity index (χ1n) is 6.62. The molecule has 0 aliphatic carbocycles. The molecule has 1 amide bonds. The largest absolute Gasteiger partial charge is 0.378 e. The molecule has 0 atom stereocenters. The van der Waals surface area contributed by atoms with Crippen molar-refractivity contribution in [3.8, 4) is 6.07 Å². The number of hydrogen-bond acceptors (Lipinski definition) is 6. The molecule has 0 bridgehead atoms. The molecule has 1 aromatic heterocycles. The SMILES string of the molecule is N#Cc1ccnc(N2CC(C(=O)N3CCOCC3)C2)n1. The van der Waals surface area contributed by atoms with Crippen LogP contribution in [-0.2, 0) is 9.53 Å². The van der Waals surface area contributed by atoms with Crippen molar-refractivity contribution in [2.24, 2.45) is 5.92 Å². The van der Waals surface area contributed by atoms with E-state index in [1.165, 1.54) is 0 Å². The average Bonchev–Trinajstić information content (AvgIpc) is 2.47. The molecule has 0 N–H and O–H groups in total. The van der Waals surface area contributed by atoms with Crippen molar-refractivity contribution in [3.63, 3.8) is 0 Å². The van der Waals surface area contributed by atoms with Gasteiger partial charge in [-0.25, -0.2) is 9.97 Å². The van der Waals surface area contributed by atoms with Crippen molar-refractivity contribution in [2.75, 3.05) is 44.3 Å². The highest BCUT2D eigenvalue weighted by Gasteiger charge is 2.37. The van der Waals surface area contributed by atoms with Crippen molar-refractivity contribution in [3.05, 3.63) is 18.0 Å². The second-order valence-corrected chi connectivity index (χ2v) is 4.89. The van der Waals surface area contributed by atoms with Crippen LogP contribution >= 0.6 is 0 Å². The quantitative estimate of drug-likeness (QED) is 0.732. The Hall–Kier alpha value is -2.20. The summed E-state index contributed by atoms with van der Waals surface area (Å²) in [6, 6.07) is 3.56. The minimum Gasteiger partial charge on any atom is -0.378 e. The molecule has 104 valence electrons. The van der Waals surface area contributed by atoms with E-state index in [1.54, 1.807) is 12.3 Å². The van der Waals surface area contributed by atoms with E-state index in [0.717, 1.165) is 0 Å². The third kappa shape index (κ3) is 2.42. The van der Waals surface area contributed by atoms with Gasteiger partial charge in [0.2, 0.25) is 11.9 Å². The molecule has 0 unspecified atom stereocenters. The standard InChI is InChI=1S/C13H15N5O2/c14-7-11-1-2-15-13(16-11)18-8-10(9-18)12(19)17-3-5-20-6-4-17/h1-2,10H,3-6,8-9H2. The molecule has 2 fully saturated rings. The summed E-state index contributed by atoms with van der Waals surface area (Å²) in [7, 11) is 0. The van der Waals surface area contributed by atoms with E-state index in [-0.39, 0.29) is 11.8 Å². The highest BCUT2D eigenvalue weighted by atomic mass is 16.5. The van der Waals surface area contributed by atoms with Gasteiger partial charge >= 0.3 is 0 Å². The van der Waals surface area contributed by atoms with Crippen LogP contribution in [0.4, 0.5) is 5.95 Å². The van der Waals surface area contributed by atoms with Crippen LogP contribution in [0.3, 0.4) is 0 Å². The molecular weight excluding hydrogens is 258 g/mol. The number of carbonyl (C=O) groups excluding carboxylic acids is 1. The molecule has 2 aliphatic rings. The number of hydrogen-bond donors (Lipinski definition) is 0. The van der Waals surface area contributed by atoms with E-state index in [0.29, 0.717) is 51.0 Å². The summed E-state index contributed by atoms with van der Waals surface area (Å²) in [6.45, 7) is 3.83. The summed E-state index contributed by atoms with van der Waals surface area (Å²) >= 11 is 0. The van der Waals surface area contributed by atoms with Gasteiger partial charge in [-0.15, -0.1) is 0 Å². The van der Waals surface area contributed by atoms with Gasteiger partial charge in [0.1, 0.15) is 11.8 Å². The molecule has 3 rings (SSSR count). The zero-order valence-electron chi connectivity index (χ0n) is 11.0. The van der Waals surface area contributed by atoms with E-state index >= 15 is 0 Å². The summed E-state index contributed by atoms with van der Waals surface area (Å²) < 4.78 is 5.24. The van der Waals surface area contributed by atoms with Crippen LogP contribution in [0.5, 0.6) is 0 Å². The van der Waals surface area contributed by atoms with Crippen LogP contribution in [0.15, 0.2) is 12.3 Å². The number of morpholine rings is 1. The fraction of sp³-hybridized carbons (Fsp3) is 0.538. The number of nitrogens with zero attached hydrogens (tertiary/aromatic N) is 5. The highest BCUT2D eigenvalue weighted by Crippen LogP contribution is 2.23. The number of amides is 1. The minimum absolute atomic E-state index is 0.00226. The van der Waals surface area contributed by atoms with E-state index in [2.05, 4.69) is 9.97 Å². The van der Waals surface area contributed by atoms with E-state index in [9.17, 15) is 4.79 Å². The predicted molar refractivity (Wildman–Crippen MR) is 69.8 cm³/mol. The maximum absolute atomic E-state index is 12.2. The van der Waals surface area contributed by atoms with E-state index in [1.807, 2.05) is 15.9 Å². The predicted octanol–water partition coefficient (Wildman–Crippen LogP) is -0.357. The first-order valence-corrected chi connectivity index (χ1v) is 6.62. The Morgan fingerprint density at radius 3 is 2.85 bits per heavy atom. The van der Waals surface area contributed by atoms with Crippen molar-refractivity contribution in [1.29, 1.82) is 5.26 Å². The Balaban J connectivity index is 1.58. The fourth-order valence-electron chi connectivity index (χ4n) is 2.40. The Labute approximate surface area is 116 Å². The number of anilines is 1. The van der Waals surface area contributed by atoms with Gasteiger partial charge in [0.05, 0.1) is 19.1 Å². The second kappa shape index (κ2) is 5.43. The lowest BCUT2D eigenvalue weighted by Crippen LogP contribution is -2.56. The number of nitriles is 1. The molecule has 3 heterocycles. The first-order chi connectivity index (χ1) is 9.78.